The lowest BCUT2D eigenvalue weighted by atomic mass is 10.1. The highest BCUT2D eigenvalue weighted by molar-refractivity contribution is 5.67. The van der Waals surface area contributed by atoms with Crippen LogP contribution in [-0.4, -0.2) is 20.3 Å². The highest BCUT2D eigenvalue weighted by Gasteiger charge is 2.10. The van der Waals surface area contributed by atoms with Crippen LogP contribution in [0.3, 0.4) is 0 Å². The van der Waals surface area contributed by atoms with E-state index in [-0.39, 0.29) is 6.61 Å². The molecule has 0 fully saturated rings. The maximum absolute atomic E-state index is 9.09. The number of hydrogen-bond acceptors (Lipinski definition) is 3. The number of aromatic nitrogens is 3. The van der Waals surface area contributed by atoms with Crippen molar-refractivity contribution in [2.45, 2.75) is 13.5 Å². The van der Waals surface area contributed by atoms with E-state index >= 15 is 0 Å². The van der Waals surface area contributed by atoms with Crippen LogP contribution < -0.4 is 0 Å². The molecule has 2 aromatic heterocycles. The molecule has 72 valence electrons. The van der Waals surface area contributed by atoms with Crippen LogP contribution in [0.2, 0.25) is 0 Å². The average molecular weight is 189 g/mol. The van der Waals surface area contributed by atoms with E-state index in [0.717, 1.165) is 16.8 Å². The maximum atomic E-state index is 9.09. The molecule has 4 heteroatoms. The van der Waals surface area contributed by atoms with Crippen LogP contribution in [0.15, 0.2) is 24.5 Å². The molecule has 0 amide bonds. The lowest BCUT2D eigenvalue weighted by molar-refractivity contribution is 0.277. The summed E-state index contributed by atoms with van der Waals surface area (Å²) in [5, 5.41) is 16.0. The molecule has 0 aliphatic rings. The third-order valence-electron chi connectivity index (χ3n) is 2.14. The van der Waals surface area contributed by atoms with Gasteiger partial charge in [-0.25, -0.2) is 0 Å². The normalized spacial score (nSPS) is 10.4. The number of aromatic amines is 1. The van der Waals surface area contributed by atoms with E-state index in [2.05, 4.69) is 15.2 Å². The number of rotatable bonds is 2. The Morgan fingerprint density at radius 2 is 2.07 bits per heavy atom. The van der Waals surface area contributed by atoms with Crippen LogP contribution in [-0.2, 0) is 6.61 Å². The molecule has 0 saturated heterocycles. The van der Waals surface area contributed by atoms with Gasteiger partial charge in [0.1, 0.15) is 0 Å². The first-order valence-electron chi connectivity index (χ1n) is 4.38. The molecule has 14 heavy (non-hydrogen) atoms. The Bertz CT molecular complexity index is 422. The van der Waals surface area contributed by atoms with Crippen molar-refractivity contribution < 1.29 is 5.11 Å². The van der Waals surface area contributed by atoms with Crippen molar-refractivity contribution in [1.29, 1.82) is 0 Å². The monoisotopic (exact) mass is 189 g/mol. The van der Waals surface area contributed by atoms with E-state index in [1.807, 2.05) is 19.1 Å². The van der Waals surface area contributed by atoms with Crippen molar-refractivity contribution in [3.8, 4) is 11.1 Å². The third-order valence-corrected chi connectivity index (χ3v) is 2.14. The molecule has 0 radical (unpaired) electrons. The number of hydrogen-bond donors (Lipinski definition) is 2. The number of nitrogens with zero attached hydrogens (tertiary/aromatic N) is 2. The zero-order valence-corrected chi connectivity index (χ0v) is 7.86. The van der Waals surface area contributed by atoms with Crippen LogP contribution in [0, 0.1) is 6.92 Å². The van der Waals surface area contributed by atoms with Gasteiger partial charge in [-0.3, -0.25) is 10.1 Å². The molecule has 0 aromatic carbocycles. The summed E-state index contributed by atoms with van der Waals surface area (Å²) < 4.78 is 0. The molecule has 2 aromatic rings. The molecule has 0 saturated carbocycles. The molecule has 2 heterocycles. The van der Waals surface area contributed by atoms with Gasteiger partial charge >= 0.3 is 0 Å². The van der Waals surface area contributed by atoms with Gasteiger partial charge < -0.3 is 5.11 Å². The minimum absolute atomic E-state index is 0.0536. The Morgan fingerprint density at radius 3 is 2.71 bits per heavy atom. The van der Waals surface area contributed by atoms with Gasteiger partial charge in [0.2, 0.25) is 0 Å². The van der Waals surface area contributed by atoms with Gasteiger partial charge in [-0.05, 0) is 24.6 Å². The van der Waals surface area contributed by atoms with Crippen LogP contribution in [0.5, 0.6) is 0 Å². The first-order chi connectivity index (χ1) is 6.83. The van der Waals surface area contributed by atoms with Crippen molar-refractivity contribution >= 4 is 0 Å². The minimum Gasteiger partial charge on any atom is -0.390 e. The van der Waals surface area contributed by atoms with Crippen molar-refractivity contribution in [3.63, 3.8) is 0 Å². The maximum Gasteiger partial charge on any atom is 0.0957 e. The van der Waals surface area contributed by atoms with Gasteiger partial charge in [0.15, 0.2) is 0 Å². The number of aliphatic hydroxyl groups is 1. The average Bonchev–Trinajstić information content (AvgIpc) is 2.61. The SMILES string of the molecule is Cc1[nH]nc(CO)c1-c1ccncc1. The van der Waals surface area contributed by atoms with Crippen LogP contribution >= 0.6 is 0 Å². The molecule has 0 unspecified atom stereocenters. The number of aryl methyl sites for hydroxylation is 1. The summed E-state index contributed by atoms with van der Waals surface area (Å²) in [7, 11) is 0. The quantitative estimate of drug-likeness (QED) is 0.747. The summed E-state index contributed by atoms with van der Waals surface area (Å²) >= 11 is 0. The molecule has 2 N–H and O–H groups in total. The fourth-order valence-electron chi connectivity index (χ4n) is 1.50. The molecule has 2 rings (SSSR count). The standard InChI is InChI=1S/C10H11N3O/c1-7-10(9(6-14)13-12-7)8-2-4-11-5-3-8/h2-5,14H,6H2,1H3,(H,12,13). The number of aliphatic hydroxyl groups excluding tert-OH is 1. The predicted octanol–water partition coefficient (Wildman–Crippen LogP) is 1.27. The summed E-state index contributed by atoms with van der Waals surface area (Å²) in [6.45, 7) is 1.88. The Morgan fingerprint density at radius 1 is 1.36 bits per heavy atom. The van der Waals surface area contributed by atoms with E-state index in [1.54, 1.807) is 12.4 Å². The second-order valence-corrected chi connectivity index (χ2v) is 3.06. The number of nitrogens with one attached hydrogen (secondary N) is 1. The Labute approximate surface area is 81.6 Å². The van der Waals surface area contributed by atoms with Gasteiger partial charge in [0, 0.05) is 23.7 Å². The second kappa shape index (κ2) is 3.59. The summed E-state index contributed by atoms with van der Waals surface area (Å²) in [5.41, 5.74) is 3.62. The topological polar surface area (TPSA) is 61.8 Å². The molecule has 0 atom stereocenters. The lowest BCUT2D eigenvalue weighted by Gasteiger charge is -2.00. The fourth-order valence-corrected chi connectivity index (χ4v) is 1.50. The van der Waals surface area contributed by atoms with Crippen molar-refractivity contribution in [3.05, 3.63) is 35.9 Å². The van der Waals surface area contributed by atoms with Gasteiger partial charge in [-0.1, -0.05) is 0 Å². The molecule has 0 bridgehead atoms. The molecule has 0 aliphatic carbocycles. The van der Waals surface area contributed by atoms with Crippen molar-refractivity contribution in [2.24, 2.45) is 0 Å². The van der Waals surface area contributed by atoms with Crippen LogP contribution in [0.4, 0.5) is 0 Å². The van der Waals surface area contributed by atoms with E-state index < -0.39 is 0 Å². The highest BCUT2D eigenvalue weighted by atomic mass is 16.3. The highest BCUT2D eigenvalue weighted by Crippen LogP contribution is 2.24. The molecule has 0 aliphatic heterocycles. The second-order valence-electron chi connectivity index (χ2n) is 3.06. The fraction of sp³-hybridized carbons (Fsp3) is 0.200. The Hall–Kier alpha value is -1.68. The Balaban J connectivity index is 2.55. The van der Waals surface area contributed by atoms with E-state index in [0.29, 0.717) is 5.69 Å². The molecular weight excluding hydrogens is 178 g/mol. The van der Waals surface area contributed by atoms with Crippen molar-refractivity contribution in [2.75, 3.05) is 0 Å². The Kier molecular flexibility index (Phi) is 2.28. The molecule has 4 nitrogen and oxygen atoms in total. The zero-order valence-electron chi connectivity index (χ0n) is 7.86. The van der Waals surface area contributed by atoms with E-state index in [4.69, 9.17) is 5.11 Å². The van der Waals surface area contributed by atoms with Crippen LogP contribution in [0.25, 0.3) is 11.1 Å². The lowest BCUT2D eigenvalue weighted by Crippen LogP contribution is -1.87. The summed E-state index contributed by atoms with van der Waals surface area (Å²) in [6, 6.07) is 3.80. The first kappa shape index (κ1) is 8.90. The van der Waals surface area contributed by atoms with Crippen molar-refractivity contribution in [1.82, 2.24) is 15.2 Å². The number of H-pyrrole nitrogens is 1. The first-order valence-corrected chi connectivity index (χ1v) is 4.38. The van der Waals surface area contributed by atoms with E-state index in [1.165, 1.54) is 0 Å². The van der Waals surface area contributed by atoms with Gasteiger partial charge in [-0.15, -0.1) is 0 Å². The smallest absolute Gasteiger partial charge is 0.0957 e. The third kappa shape index (κ3) is 1.40. The predicted molar refractivity (Wildman–Crippen MR) is 52.5 cm³/mol. The molecule has 0 spiro atoms. The zero-order chi connectivity index (χ0) is 9.97. The molecular formula is C10H11N3O. The largest absolute Gasteiger partial charge is 0.390 e. The van der Waals surface area contributed by atoms with Gasteiger partial charge in [0.05, 0.1) is 12.3 Å². The summed E-state index contributed by atoms with van der Waals surface area (Å²) in [4.78, 5) is 3.95. The van der Waals surface area contributed by atoms with Crippen LogP contribution in [0.1, 0.15) is 11.4 Å². The summed E-state index contributed by atoms with van der Waals surface area (Å²) in [6.07, 6.45) is 3.45. The van der Waals surface area contributed by atoms with Gasteiger partial charge in [-0.2, -0.15) is 5.10 Å². The summed E-state index contributed by atoms with van der Waals surface area (Å²) in [5.74, 6) is 0. The van der Waals surface area contributed by atoms with Gasteiger partial charge in [0.25, 0.3) is 0 Å². The minimum atomic E-state index is -0.0536. The number of pyridine rings is 1. The van der Waals surface area contributed by atoms with E-state index in [9.17, 15) is 0 Å².